The quantitative estimate of drug-likeness (QED) is 0.666. The van der Waals surface area contributed by atoms with Crippen LogP contribution in [-0.2, 0) is 0 Å². The molecule has 0 saturated carbocycles. The second-order valence-electron chi connectivity index (χ2n) is 3.69. The Morgan fingerprint density at radius 1 is 1.33 bits per heavy atom. The van der Waals surface area contributed by atoms with Gasteiger partial charge in [0.25, 0.3) is 0 Å². The molecule has 0 aliphatic heterocycles. The first-order chi connectivity index (χ1) is 8.61. The van der Waals surface area contributed by atoms with Crippen LogP contribution >= 0.6 is 0 Å². The molecule has 0 unspecified atom stereocenters. The van der Waals surface area contributed by atoms with Crippen LogP contribution in [0.2, 0.25) is 0 Å². The van der Waals surface area contributed by atoms with Gasteiger partial charge in [0.05, 0.1) is 12.0 Å². The second-order valence-corrected chi connectivity index (χ2v) is 3.69. The predicted molar refractivity (Wildman–Crippen MR) is 68.2 cm³/mol. The average molecular weight is 245 g/mol. The number of nitro groups is 1. The van der Waals surface area contributed by atoms with E-state index in [4.69, 9.17) is 4.74 Å². The number of phenols is 1. The molecule has 5 heteroatoms. The third-order valence-corrected chi connectivity index (χ3v) is 2.61. The van der Waals surface area contributed by atoms with E-state index in [1.54, 1.807) is 31.4 Å². The molecule has 18 heavy (non-hydrogen) atoms. The Hall–Kier alpha value is -2.56. The summed E-state index contributed by atoms with van der Waals surface area (Å²) in [5, 5.41) is 21.7. The van der Waals surface area contributed by atoms with Crippen molar-refractivity contribution in [2.45, 2.75) is 0 Å². The van der Waals surface area contributed by atoms with Crippen molar-refractivity contribution < 1.29 is 14.8 Å². The molecule has 0 bridgehead atoms. The minimum Gasteiger partial charge on any atom is -0.507 e. The van der Waals surface area contributed by atoms with Crippen LogP contribution in [0.25, 0.3) is 16.8 Å². The summed E-state index contributed by atoms with van der Waals surface area (Å²) < 4.78 is 5.10. The summed E-state index contributed by atoms with van der Waals surface area (Å²) in [4.78, 5) is 9.77. The first-order valence-corrected chi connectivity index (χ1v) is 5.23. The van der Waals surface area contributed by atoms with Gasteiger partial charge in [0.15, 0.2) is 0 Å². The molecule has 1 N–H and O–H groups in total. The number of phenolic OH excluding ortho intramolecular Hbond substituents is 1. The van der Waals surface area contributed by atoms with Crippen LogP contribution in [0.3, 0.4) is 0 Å². The molecule has 0 aliphatic rings. The molecule has 2 aromatic rings. The van der Waals surface area contributed by atoms with Gasteiger partial charge in [-0.1, -0.05) is 6.07 Å². The van der Waals surface area contributed by atoms with Gasteiger partial charge in [-0.3, -0.25) is 10.1 Å². The van der Waals surface area contributed by atoms with Gasteiger partial charge in [0.1, 0.15) is 11.5 Å². The van der Waals surface area contributed by atoms with Crippen molar-refractivity contribution in [2.24, 2.45) is 0 Å². The summed E-state index contributed by atoms with van der Waals surface area (Å²) in [6.45, 7) is 0. The highest BCUT2D eigenvalue weighted by Crippen LogP contribution is 2.30. The van der Waals surface area contributed by atoms with Crippen molar-refractivity contribution >= 4 is 16.8 Å². The molecule has 2 rings (SSSR count). The summed E-state index contributed by atoms with van der Waals surface area (Å²) in [6.07, 6.45) is 2.09. The maximum Gasteiger partial charge on any atom is 0.235 e. The number of aromatic hydroxyl groups is 1. The number of nitrogens with zero attached hydrogens (tertiary/aromatic N) is 1. The molecule has 0 aromatic heterocycles. The molecule has 0 heterocycles. The van der Waals surface area contributed by atoms with Crippen LogP contribution < -0.4 is 4.74 Å². The minimum atomic E-state index is -0.568. The van der Waals surface area contributed by atoms with Crippen molar-refractivity contribution in [3.05, 3.63) is 52.2 Å². The minimum absolute atomic E-state index is 0.00534. The highest BCUT2D eigenvalue weighted by Gasteiger charge is 2.06. The highest BCUT2D eigenvalue weighted by atomic mass is 16.6. The lowest BCUT2D eigenvalue weighted by Gasteiger charge is -2.06. The molecule has 0 amide bonds. The van der Waals surface area contributed by atoms with Crippen LogP contribution in [0.15, 0.2) is 36.5 Å². The fourth-order valence-corrected chi connectivity index (χ4v) is 1.76. The summed E-state index contributed by atoms with van der Waals surface area (Å²) >= 11 is 0. The number of ether oxygens (including phenoxy) is 1. The summed E-state index contributed by atoms with van der Waals surface area (Å²) in [5.41, 5.74) is 0.423. The largest absolute Gasteiger partial charge is 0.507 e. The van der Waals surface area contributed by atoms with E-state index in [0.29, 0.717) is 11.3 Å². The average Bonchev–Trinajstić information content (AvgIpc) is 2.36. The third-order valence-electron chi connectivity index (χ3n) is 2.61. The Morgan fingerprint density at radius 3 is 2.78 bits per heavy atom. The van der Waals surface area contributed by atoms with E-state index in [0.717, 1.165) is 17.0 Å². The highest BCUT2D eigenvalue weighted by molar-refractivity contribution is 5.93. The van der Waals surface area contributed by atoms with Crippen molar-refractivity contribution in [1.29, 1.82) is 0 Å². The number of rotatable bonds is 3. The van der Waals surface area contributed by atoms with Gasteiger partial charge >= 0.3 is 0 Å². The zero-order chi connectivity index (χ0) is 13.1. The SMILES string of the molecule is COc1ccc2c(C=C[N+](=O)[O-])c(O)ccc2c1. The van der Waals surface area contributed by atoms with Crippen LogP contribution in [0.5, 0.6) is 11.5 Å². The number of hydrogen-bond donors (Lipinski definition) is 1. The standard InChI is InChI=1S/C13H11NO4/c1-18-10-3-4-11-9(8-10)2-5-13(15)12(11)6-7-14(16)17/h2-8,15H,1H3. The Balaban J connectivity index is 2.63. The maximum absolute atomic E-state index is 10.3. The smallest absolute Gasteiger partial charge is 0.235 e. The van der Waals surface area contributed by atoms with Crippen LogP contribution in [0, 0.1) is 10.1 Å². The number of fused-ring (bicyclic) bond motifs is 1. The van der Waals surface area contributed by atoms with Crippen molar-refractivity contribution in [2.75, 3.05) is 7.11 Å². The monoisotopic (exact) mass is 245 g/mol. The van der Waals surface area contributed by atoms with E-state index in [1.165, 1.54) is 12.1 Å². The van der Waals surface area contributed by atoms with Gasteiger partial charge in [-0.25, -0.2) is 0 Å². The lowest BCUT2D eigenvalue weighted by Crippen LogP contribution is -1.86. The van der Waals surface area contributed by atoms with Gasteiger partial charge in [0, 0.05) is 11.6 Å². The van der Waals surface area contributed by atoms with Gasteiger partial charge in [-0.15, -0.1) is 0 Å². The summed E-state index contributed by atoms with van der Waals surface area (Å²) in [6, 6.07) is 8.54. The molecule has 2 aromatic carbocycles. The van der Waals surface area contributed by atoms with Gasteiger partial charge in [-0.2, -0.15) is 0 Å². The molecule has 0 fully saturated rings. The fourth-order valence-electron chi connectivity index (χ4n) is 1.76. The number of methoxy groups -OCH3 is 1. The van der Waals surface area contributed by atoms with E-state index in [9.17, 15) is 15.2 Å². The topological polar surface area (TPSA) is 72.6 Å². The van der Waals surface area contributed by atoms with Gasteiger partial charge in [-0.05, 0) is 35.0 Å². The zero-order valence-corrected chi connectivity index (χ0v) is 9.66. The lowest BCUT2D eigenvalue weighted by molar-refractivity contribution is -0.400. The van der Waals surface area contributed by atoms with E-state index in [2.05, 4.69) is 0 Å². The van der Waals surface area contributed by atoms with Crippen LogP contribution in [-0.4, -0.2) is 17.1 Å². The summed E-state index contributed by atoms with van der Waals surface area (Å²) in [7, 11) is 1.56. The van der Waals surface area contributed by atoms with E-state index in [1.807, 2.05) is 0 Å². The molecule has 0 radical (unpaired) electrons. The first-order valence-electron chi connectivity index (χ1n) is 5.23. The Labute approximate surface area is 103 Å². The van der Waals surface area contributed by atoms with E-state index >= 15 is 0 Å². The molecule has 0 atom stereocenters. The van der Waals surface area contributed by atoms with Crippen molar-refractivity contribution in [3.8, 4) is 11.5 Å². The normalized spacial score (nSPS) is 10.9. The van der Waals surface area contributed by atoms with Crippen molar-refractivity contribution in [3.63, 3.8) is 0 Å². The van der Waals surface area contributed by atoms with Gasteiger partial charge < -0.3 is 9.84 Å². The third kappa shape index (κ3) is 2.24. The number of hydrogen-bond acceptors (Lipinski definition) is 4. The maximum atomic E-state index is 10.3. The molecular formula is C13H11NO4. The summed E-state index contributed by atoms with van der Waals surface area (Å²) in [5.74, 6) is 0.697. The Morgan fingerprint density at radius 2 is 2.11 bits per heavy atom. The molecule has 0 spiro atoms. The number of benzene rings is 2. The van der Waals surface area contributed by atoms with Crippen molar-refractivity contribution in [1.82, 2.24) is 0 Å². The van der Waals surface area contributed by atoms with Crippen LogP contribution in [0.1, 0.15) is 5.56 Å². The molecular weight excluding hydrogens is 234 g/mol. The van der Waals surface area contributed by atoms with Gasteiger partial charge in [0.2, 0.25) is 6.20 Å². The zero-order valence-electron chi connectivity index (χ0n) is 9.66. The Kier molecular flexibility index (Phi) is 3.14. The Bertz CT molecular complexity index is 634. The molecule has 5 nitrogen and oxygen atoms in total. The fraction of sp³-hybridized carbons (Fsp3) is 0.0769. The second kappa shape index (κ2) is 4.75. The lowest BCUT2D eigenvalue weighted by atomic mass is 10.0. The molecule has 92 valence electrons. The van der Waals surface area contributed by atoms with Crippen LogP contribution in [0.4, 0.5) is 0 Å². The van der Waals surface area contributed by atoms with E-state index in [-0.39, 0.29) is 5.75 Å². The van der Waals surface area contributed by atoms with E-state index < -0.39 is 4.92 Å². The molecule has 0 aliphatic carbocycles. The predicted octanol–water partition coefficient (Wildman–Crippen LogP) is 2.80. The first kappa shape index (κ1) is 11.9. The molecule has 0 saturated heterocycles.